The lowest BCUT2D eigenvalue weighted by molar-refractivity contribution is -0.142. The minimum absolute atomic E-state index is 0. The van der Waals surface area contributed by atoms with Gasteiger partial charge >= 0.3 is 17.9 Å². The number of amides is 1. The number of carbonyl (C=O) groups excluding carboxylic acids is 3. The third-order valence-corrected chi connectivity index (χ3v) is 13.2. The van der Waals surface area contributed by atoms with Crippen LogP contribution in [-0.2, 0) is 28.7 Å². The molecular weight excluding hydrogens is 961 g/mol. The number of hydrogen-bond donors (Lipinski definition) is 3. The maximum absolute atomic E-state index is 13.7. The molecule has 1 amide bonds. The number of nitrogens with one attached hydrogen (secondary N) is 1. The summed E-state index contributed by atoms with van der Waals surface area (Å²) in [6, 6.07) is 16.7. The normalized spacial score (nSPS) is 12.4. The summed E-state index contributed by atoms with van der Waals surface area (Å²) in [5.74, 6) is -1.66. The fourth-order valence-electron chi connectivity index (χ4n) is 8.83. The summed E-state index contributed by atoms with van der Waals surface area (Å²) >= 11 is 0. The van der Waals surface area contributed by atoms with Gasteiger partial charge in [-0.05, 0) is 159 Å². The van der Waals surface area contributed by atoms with Crippen molar-refractivity contribution < 1.29 is 33.8 Å². The Hall–Kier alpha value is -7.52. The number of ether oxygens (including phenoxy) is 2. The molecule has 4 aromatic heterocycles. The lowest BCUT2D eigenvalue weighted by Crippen LogP contribution is -2.40. The number of carboxylic acid groups (broad SMARTS) is 1. The second-order valence-electron chi connectivity index (χ2n) is 20.2. The van der Waals surface area contributed by atoms with Crippen LogP contribution >= 0.6 is 0 Å². The molecule has 4 heterocycles. The molecule has 0 aliphatic carbocycles. The van der Waals surface area contributed by atoms with Gasteiger partial charge in [0.15, 0.2) is 0 Å². The summed E-state index contributed by atoms with van der Waals surface area (Å²) in [5.41, 5.74) is 19.5. The van der Waals surface area contributed by atoms with Gasteiger partial charge in [0, 0.05) is 66.5 Å². The van der Waals surface area contributed by atoms with Crippen LogP contribution in [0.2, 0.25) is 0 Å². The van der Waals surface area contributed by atoms with E-state index in [-0.39, 0.29) is 55.1 Å². The van der Waals surface area contributed by atoms with E-state index in [0.29, 0.717) is 18.4 Å². The Balaban J connectivity index is 0.000000329. The fourth-order valence-corrected chi connectivity index (χ4v) is 8.83. The Morgan fingerprint density at radius 3 is 1.39 bits per heavy atom. The van der Waals surface area contributed by atoms with Crippen molar-refractivity contribution in [3.05, 3.63) is 174 Å². The molecule has 0 fully saturated rings. The zero-order chi connectivity index (χ0) is 55.8. The van der Waals surface area contributed by atoms with E-state index < -0.39 is 36.1 Å². The van der Waals surface area contributed by atoms with Crippen molar-refractivity contribution in [2.24, 2.45) is 17.6 Å². The van der Waals surface area contributed by atoms with E-state index >= 15 is 0 Å². The number of nitrogens with zero attached hydrogens (tertiary/aromatic N) is 4. The van der Waals surface area contributed by atoms with Crippen LogP contribution in [0.4, 0.5) is 0 Å². The number of aliphatic carboxylic acids is 1. The van der Waals surface area contributed by atoms with Crippen LogP contribution in [0, 0.1) is 67.2 Å². The molecule has 15 nitrogen and oxygen atoms in total. The summed E-state index contributed by atoms with van der Waals surface area (Å²) in [6.45, 7) is 23.7. The Morgan fingerprint density at radius 2 is 0.974 bits per heavy atom. The van der Waals surface area contributed by atoms with Crippen LogP contribution in [0.1, 0.15) is 141 Å². The number of rotatable bonds is 17. The molecule has 0 spiro atoms. The number of carbonyl (C=O) groups is 4. The van der Waals surface area contributed by atoms with Crippen molar-refractivity contribution in [1.82, 2.24) is 24.4 Å². The van der Waals surface area contributed by atoms with E-state index in [4.69, 9.17) is 10.5 Å². The molecule has 1 unspecified atom stereocenters. The molecule has 0 aliphatic rings. The van der Waals surface area contributed by atoms with Crippen molar-refractivity contribution in [2.75, 3.05) is 14.2 Å². The Kier molecular flexibility index (Phi) is 23.9. The van der Waals surface area contributed by atoms with Gasteiger partial charge in [-0.15, -0.1) is 0 Å². The highest BCUT2D eigenvalue weighted by molar-refractivity contribution is 5.82. The van der Waals surface area contributed by atoms with Gasteiger partial charge in [-0.2, -0.15) is 0 Å². The second-order valence-corrected chi connectivity index (χ2v) is 20.2. The molecule has 0 saturated heterocycles. The Morgan fingerprint density at radius 1 is 0.579 bits per heavy atom. The van der Waals surface area contributed by atoms with Crippen LogP contribution in [0.5, 0.6) is 0 Å². The minimum Gasteiger partial charge on any atom is -0.480 e. The molecule has 0 bridgehead atoms. The van der Waals surface area contributed by atoms with E-state index in [1.165, 1.54) is 40.5 Å². The number of aryl methyl sites for hydroxylation is 8. The van der Waals surface area contributed by atoms with Gasteiger partial charge in [-0.3, -0.25) is 33.9 Å². The largest absolute Gasteiger partial charge is 0.480 e. The quantitative estimate of drug-likeness (QED) is 0.0728. The van der Waals surface area contributed by atoms with Crippen LogP contribution in [0.15, 0.2) is 107 Å². The molecule has 0 radical (unpaired) electrons. The number of aromatic nitrogens is 4. The van der Waals surface area contributed by atoms with Crippen molar-refractivity contribution >= 4 is 23.8 Å². The summed E-state index contributed by atoms with van der Waals surface area (Å²) in [7, 11) is 2.68. The van der Waals surface area contributed by atoms with Crippen molar-refractivity contribution in [3.63, 3.8) is 0 Å². The SMILES string of the molecule is C.COC(=O)C[C@H](N)c1cncc(-c2c(C)cccc2C)c1.COC(=O)C[C@H](NC(=O)C(CC(C)C)n1cc(C)c(C)cc1=O)c1cncc(-c2c(C)cccc2C)c1.Cc1cc(=O)n([C@@H](CC(C)C)C(=O)O)cc1C. The number of hydrogen-bond acceptors (Lipinski definition) is 11. The molecule has 2 aromatic carbocycles. The Labute approximate surface area is 448 Å². The topological polar surface area (TPSA) is 215 Å². The molecule has 0 saturated carbocycles. The Bertz CT molecular complexity index is 3040. The summed E-state index contributed by atoms with van der Waals surface area (Å²) in [5, 5.41) is 12.2. The van der Waals surface area contributed by atoms with Gasteiger partial charge in [-0.25, -0.2) is 4.79 Å². The highest BCUT2D eigenvalue weighted by atomic mass is 16.5. The third-order valence-electron chi connectivity index (χ3n) is 13.2. The second kappa shape index (κ2) is 29.0. The number of pyridine rings is 4. The van der Waals surface area contributed by atoms with Gasteiger partial charge in [0.2, 0.25) is 5.91 Å². The van der Waals surface area contributed by atoms with E-state index in [2.05, 4.69) is 46.0 Å². The van der Waals surface area contributed by atoms with Gasteiger partial charge in [0.05, 0.1) is 33.1 Å². The number of benzene rings is 2. The molecule has 0 aliphatic heterocycles. The molecule has 15 heteroatoms. The average Bonchev–Trinajstić information content (AvgIpc) is 3.35. The van der Waals surface area contributed by atoms with E-state index in [1.54, 1.807) is 37.1 Å². The highest BCUT2D eigenvalue weighted by Gasteiger charge is 2.28. The highest BCUT2D eigenvalue weighted by Crippen LogP contribution is 2.31. The first-order valence-corrected chi connectivity index (χ1v) is 25.2. The van der Waals surface area contributed by atoms with Gasteiger partial charge in [-0.1, -0.05) is 71.5 Å². The van der Waals surface area contributed by atoms with E-state index in [1.807, 2.05) is 112 Å². The van der Waals surface area contributed by atoms with Gasteiger partial charge in [0.25, 0.3) is 11.1 Å². The van der Waals surface area contributed by atoms with E-state index in [0.717, 1.165) is 61.2 Å². The molecule has 4 atom stereocenters. The maximum Gasteiger partial charge on any atom is 0.326 e. The molecule has 4 N–H and O–H groups in total. The predicted octanol–water partition coefficient (Wildman–Crippen LogP) is 10.9. The zero-order valence-corrected chi connectivity index (χ0v) is 46.1. The summed E-state index contributed by atoms with van der Waals surface area (Å²) < 4.78 is 12.4. The van der Waals surface area contributed by atoms with Crippen LogP contribution in [0.3, 0.4) is 0 Å². The standard InChI is InChI=1S/C30H37N3O4.C17H20N2O2.C13H19NO3.CH4/c1-18(2)11-26(33-17-22(6)21(5)12-27(33)34)30(36)32-25(14-28(35)37-7)23-13-24(16-31-15-23)29-19(3)9-8-10-20(29)4;1-11-5-4-6-12(2)17(11)14-7-13(9-19-10-14)15(18)8-16(20)21-3;1-8(2)5-11(13(16)17)14-7-10(4)9(3)6-12(14)15;/h8-10,12-13,15-18,25-26H,11,14H2,1-7H3,(H,32,36);4-7,9-10,15H,8,18H2,1-3H3;6-8,11H,5H2,1-4H3,(H,16,17);1H4/t25-,26?;15-;11-;/m000./s1. The lowest BCUT2D eigenvalue weighted by atomic mass is 9.94. The van der Waals surface area contributed by atoms with Gasteiger partial charge < -0.3 is 34.8 Å². The molecule has 408 valence electrons. The van der Waals surface area contributed by atoms with Crippen molar-refractivity contribution in [1.29, 1.82) is 0 Å². The lowest BCUT2D eigenvalue weighted by Gasteiger charge is -2.26. The molecular formula is C61H80N6O9. The minimum atomic E-state index is -0.955. The zero-order valence-electron chi connectivity index (χ0n) is 46.1. The fraction of sp³-hybridized carbons (Fsp3) is 0.410. The molecule has 6 rings (SSSR count). The number of esters is 2. The molecule has 76 heavy (non-hydrogen) atoms. The first-order chi connectivity index (χ1) is 35.4. The number of carboxylic acids is 1. The smallest absolute Gasteiger partial charge is 0.326 e. The number of methoxy groups -OCH3 is 2. The van der Waals surface area contributed by atoms with Crippen molar-refractivity contribution in [2.45, 2.75) is 140 Å². The average molecular weight is 1040 g/mol. The van der Waals surface area contributed by atoms with E-state index in [9.17, 15) is 33.9 Å². The maximum atomic E-state index is 13.7. The van der Waals surface area contributed by atoms with Crippen LogP contribution < -0.4 is 22.2 Å². The van der Waals surface area contributed by atoms with Crippen molar-refractivity contribution in [3.8, 4) is 22.3 Å². The first-order valence-electron chi connectivity index (χ1n) is 25.2. The number of nitrogens with two attached hydrogens (primary N) is 1. The van der Waals surface area contributed by atoms with Gasteiger partial charge in [0.1, 0.15) is 12.1 Å². The summed E-state index contributed by atoms with van der Waals surface area (Å²) in [6.07, 6.45) is 11.4. The third kappa shape index (κ3) is 17.3. The summed E-state index contributed by atoms with van der Waals surface area (Å²) in [4.78, 5) is 82.0. The molecule has 6 aromatic rings. The monoisotopic (exact) mass is 1040 g/mol. The van der Waals surface area contributed by atoms with Crippen LogP contribution in [0.25, 0.3) is 22.3 Å². The first kappa shape index (κ1) is 62.8. The van der Waals surface area contributed by atoms with Crippen LogP contribution in [-0.4, -0.2) is 62.2 Å². The predicted molar refractivity (Wildman–Crippen MR) is 301 cm³/mol.